The molecular formula is C77H7NO2S. The van der Waals surface area contributed by atoms with E-state index in [4.69, 9.17) is 0 Å². The van der Waals surface area contributed by atoms with Gasteiger partial charge in [-0.25, -0.2) is 12.4 Å². The maximum atomic E-state index is 17.3. The predicted octanol–water partition coefficient (Wildman–Crippen LogP) is 21.6. The van der Waals surface area contributed by atoms with E-state index in [-0.39, 0.29) is 0 Å². The number of nitrogens with zero attached hydrogens (tertiary/aromatic N) is 1. The Morgan fingerprint density at radius 1 is 0.185 bits per heavy atom. The summed E-state index contributed by atoms with van der Waals surface area (Å²) >= 11 is 0. The highest BCUT2D eigenvalue weighted by Gasteiger charge is 2.52. The second kappa shape index (κ2) is 6.92. The Labute approximate surface area is 438 Å². The summed E-state index contributed by atoms with van der Waals surface area (Å²) in [5.41, 5.74) is 2.97. The summed E-state index contributed by atoms with van der Waals surface area (Å²) in [6, 6.07) is 7.89. The van der Waals surface area contributed by atoms with E-state index in [9.17, 15) is 0 Å². The third kappa shape index (κ3) is 1.69. The van der Waals surface area contributed by atoms with E-state index in [1.165, 1.54) is 226 Å². The van der Waals surface area contributed by atoms with E-state index >= 15 is 8.42 Å². The van der Waals surface area contributed by atoms with Gasteiger partial charge in [0.2, 0.25) is 0 Å². The monoisotopic (exact) mass is 1010 g/mol. The molecule has 37 aromatic rings. The van der Waals surface area contributed by atoms with Crippen molar-refractivity contribution in [2.75, 3.05) is 0 Å². The van der Waals surface area contributed by atoms with Gasteiger partial charge in [-0.3, -0.25) is 0 Å². The smallest absolute Gasteiger partial charge is 0.232 e. The first-order valence-corrected chi connectivity index (χ1v) is 30.9. The minimum Gasteiger partial charge on any atom is -0.232 e. The standard InChI is InChI=1S/C77H7NO2S/c1-6-2-4-7(5-3-6)81(79,80)78-76-72-65-56-45-36-24-16-10-11-13-9-8-12(10)22(24)28-26-14(8)18-19-15(9)27-29-23(13)25-17(11)21-20(16)32-38-33(21)40-37(25)46-44(29)50-48-35(27)31(19)42-41-30(18)34(26)47-49(43(28)45)63(65)67-58(47)54(41)62-55(42)59(48)68-64(50)66-57(46)52(40)61-53(38)60(51(56)39(32)36)69(72)70(61)73(66)77(78)75(68)71(62)74(67)76/h2-5H,1H3. The van der Waals surface area contributed by atoms with E-state index in [0.717, 1.165) is 16.6 Å². The molecule has 338 valence electrons. The lowest BCUT2D eigenvalue weighted by Gasteiger charge is -2.26. The molecule has 0 aliphatic heterocycles. The summed E-state index contributed by atoms with van der Waals surface area (Å²) in [7, 11) is -4.27. The van der Waals surface area contributed by atoms with Crippen LogP contribution in [-0.2, 0) is 10.0 Å². The van der Waals surface area contributed by atoms with Crippen LogP contribution < -0.4 is 0 Å². The molecule has 37 rings (SSSR count). The highest BCUT2D eigenvalue weighted by molar-refractivity contribution is 7.90. The maximum absolute atomic E-state index is 17.3. The Bertz CT molecular complexity index is 9070. The topological polar surface area (TPSA) is 39.1 Å². The number of rotatable bonds is 2. The van der Waals surface area contributed by atoms with Crippen molar-refractivity contribution in [1.29, 1.82) is 0 Å². The molecule has 0 saturated heterocycles. The molecule has 0 aliphatic carbocycles. The summed E-state index contributed by atoms with van der Waals surface area (Å²) in [5, 5.41) is 101. The fourth-order valence-electron chi connectivity index (χ4n) is 27.3. The van der Waals surface area contributed by atoms with E-state index in [1.807, 2.05) is 24.3 Å². The van der Waals surface area contributed by atoms with Gasteiger partial charge < -0.3 is 0 Å². The molecule has 1 aromatic heterocycles. The summed E-state index contributed by atoms with van der Waals surface area (Å²) in [5.74, 6) is 0. The van der Waals surface area contributed by atoms with Gasteiger partial charge in [-0.05, 0) is 19.1 Å². The van der Waals surface area contributed by atoms with Crippen molar-refractivity contribution >= 4 is 387 Å². The Balaban J connectivity index is 1.15. The van der Waals surface area contributed by atoms with Gasteiger partial charge in [0.05, 0.1) is 15.9 Å². The number of benzene rings is 25. The highest BCUT2D eigenvalue weighted by atomic mass is 32.2. The van der Waals surface area contributed by atoms with Gasteiger partial charge in [0.15, 0.2) is 0 Å². The minimum atomic E-state index is -4.27. The molecule has 81 heavy (non-hydrogen) atoms. The van der Waals surface area contributed by atoms with Crippen LogP contribution >= 0.6 is 0 Å². The van der Waals surface area contributed by atoms with Gasteiger partial charge in [0.1, 0.15) is 0 Å². The molecule has 0 amide bonds. The lowest BCUT2D eigenvalue weighted by atomic mass is 9.80. The van der Waals surface area contributed by atoms with E-state index in [2.05, 4.69) is 10.9 Å². The van der Waals surface area contributed by atoms with Gasteiger partial charge >= 0.3 is 0 Å². The van der Waals surface area contributed by atoms with Crippen LogP contribution in [0.3, 0.4) is 0 Å². The molecular weight excluding hydrogens is 1000 g/mol. The van der Waals surface area contributed by atoms with Gasteiger partial charge in [-0.2, -0.15) is 0 Å². The first-order valence-electron chi connectivity index (χ1n) is 29.5. The number of aryl methyl sites for hydroxylation is 1. The molecule has 0 N–H and O–H groups in total. The average molecular weight is 1010 g/mol. The zero-order valence-electron chi connectivity index (χ0n) is 41.0. The van der Waals surface area contributed by atoms with Crippen LogP contribution in [0.25, 0.3) is 377 Å². The van der Waals surface area contributed by atoms with Crippen LogP contribution in [0.15, 0.2) is 29.2 Å². The second-order valence-electron chi connectivity index (χ2n) is 28.8. The summed E-state index contributed by atoms with van der Waals surface area (Å²) in [6.07, 6.45) is 0. The first-order chi connectivity index (χ1) is 40.1. The van der Waals surface area contributed by atoms with Crippen LogP contribution in [0, 0.1) is 6.92 Å². The molecule has 0 saturated carbocycles. The number of pyridine rings is 1. The van der Waals surface area contributed by atoms with Crippen LogP contribution in [0.1, 0.15) is 5.56 Å². The van der Waals surface area contributed by atoms with Gasteiger partial charge in [0, 0.05) is 366 Å². The average Bonchev–Trinajstić information content (AvgIpc) is 1.66. The molecule has 0 fully saturated rings. The number of hydrogen-bond acceptors (Lipinski definition) is 2. The van der Waals surface area contributed by atoms with Crippen molar-refractivity contribution in [2.45, 2.75) is 11.8 Å². The zero-order valence-corrected chi connectivity index (χ0v) is 41.8. The number of aromatic nitrogens is 1. The normalized spacial score (nSPS) is 17.3. The van der Waals surface area contributed by atoms with Crippen LogP contribution in [0.5, 0.6) is 0 Å². The van der Waals surface area contributed by atoms with Crippen molar-refractivity contribution in [1.82, 2.24) is 3.97 Å². The van der Waals surface area contributed by atoms with Crippen molar-refractivity contribution < 1.29 is 8.42 Å². The largest absolute Gasteiger partial charge is 0.268 e. The van der Waals surface area contributed by atoms with Crippen molar-refractivity contribution in [2.24, 2.45) is 0 Å². The Kier molecular flexibility index (Phi) is 2.59. The van der Waals surface area contributed by atoms with Crippen LogP contribution in [-0.4, -0.2) is 12.4 Å². The Morgan fingerprint density at radius 2 is 0.296 bits per heavy atom. The first kappa shape index (κ1) is 30.3. The molecule has 1 heterocycles. The second-order valence-corrected chi connectivity index (χ2v) is 30.6. The highest BCUT2D eigenvalue weighted by Crippen LogP contribution is 2.81. The molecule has 0 atom stereocenters. The summed E-state index contributed by atoms with van der Waals surface area (Å²) < 4.78 is 36.7. The number of hydrogen-bond donors (Lipinski definition) is 0. The van der Waals surface area contributed by atoms with E-state index in [0.29, 0.717) is 4.90 Å². The maximum Gasteiger partial charge on any atom is 0.268 e. The Morgan fingerprint density at radius 3 is 0.432 bits per heavy atom. The van der Waals surface area contributed by atoms with Gasteiger partial charge in [0.25, 0.3) is 10.0 Å². The molecule has 0 spiro atoms. The molecule has 3 nitrogen and oxygen atoms in total. The lowest BCUT2D eigenvalue weighted by molar-refractivity contribution is 0.590. The van der Waals surface area contributed by atoms with Crippen molar-refractivity contribution in [3.63, 3.8) is 0 Å². The Hall–Kier alpha value is -10.1. The van der Waals surface area contributed by atoms with E-state index < -0.39 is 10.0 Å². The third-order valence-electron chi connectivity index (χ3n) is 27.9. The van der Waals surface area contributed by atoms with Crippen LogP contribution in [0.4, 0.5) is 0 Å². The molecule has 4 heteroatoms. The van der Waals surface area contributed by atoms with E-state index in [1.54, 1.807) is 140 Å². The zero-order chi connectivity index (χ0) is 48.5. The van der Waals surface area contributed by atoms with Crippen molar-refractivity contribution in [3.05, 3.63) is 29.8 Å². The van der Waals surface area contributed by atoms with Crippen molar-refractivity contribution in [3.8, 4) is 0 Å². The molecule has 0 bridgehead atoms. The SMILES string of the molecule is Cc1ccc(S(=O)(=O)n2c3c4c5c6c7c8c9c%10c%11c%12c%13c%14c%15c%11c9c9c%11c%15c%15c%16c%14c%14c%17c%13c%13c%12c%12c%10c%10c8c6c6c8c%10c%12c%10c%13c%12c%17c%13c%17c%14c%16c%14c%16c%15c%11c%11c(c97)c5c5c%11c%16c7c%14c%17c9c%13c%11c%12c%10c8c(c64)c%11c2c9c7c53)cc1. The molecule has 0 radical (unpaired) electrons. The molecule has 0 aliphatic rings. The van der Waals surface area contributed by atoms with Gasteiger partial charge in [-0.1, -0.05) is 17.7 Å². The van der Waals surface area contributed by atoms with Gasteiger partial charge in [-0.15, -0.1) is 0 Å². The minimum absolute atomic E-state index is 0.378. The predicted molar refractivity (Wildman–Crippen MR) is 345 cm³/mol. The fraction of sp³-hybridized carbons (Fsp3) is 0.0130. The summed E-state index contributed by atoms with van der Waals surface area (Å²) in [6.45, 7) is 2.08. The third-order valence-corrected chi connectivity index (χ3v) is 29.6. The molecule has 0 unspecified atom stereocenters. The van der Waals surface area contributed by atoms with Crippen LogP contribution in [0.2, 0.25) is 0 Å². The number of fused-ring (bicyclic) bond motifs is 5. The quantitative estimate of drug-likeness (QED) is 0.128. The lowest BCUT2D eigenvalue weighted by Crippen LogP contribution is -2.16. The molecule has 36 aromatic carbocycles. The summed E-state index contributed by atoms with van der Waals surface area (Å²) in [4.78, 5) is 0.378. The fourth-order valence-corrected chi connectivity index (χ4v) is 28.8.